The first-order chi connectivity index (χ1) is 11.0. The molecule has 0 radical (unpaired) electrons. The highest BCUT2D eigenvalue weighted by Gasteiger charge is 2.09. The summed E-state index contributed by atoms with van der Waals surface area (Å²) in [5, 5.41) is 1.58. The Labute approximate surface area is 149 Å². The van der Waals surface area contributed by atoms with E-state index in [4.69, 9.17) is 39.5 Å². The number of aryl methyl sites for hydroxylation is 1. The van der Waals surface area contributed by atoms with E-state index < -0.39 is 0 Å². The second kappa shape index (κ2) is 6.83. The molecule has 0 aliphatic carbocycles. The number of halogens is 3. The Morgan fingerprint density at radius 2 is 1.78 bits per heavy atom. The maximum atomic E-state index is 6.12. The van der Waals surface area contributed by atoms with Gasteiger partial charge >= 0.3 is 0 Å². The first-order valence-corrected chi connectivity index (χ1v) is 8.08. The van der Waals surface area contributed by atoms with Crippen LogP contribution in [0.5, 0.6) is 11.5 Å². The van der Waals surface area contributed by atoms with Gasteiger partial charge in [0.15, 0.2) is 0 Å². The molecule has 1 heterocycles. The Kier molecular flexibility index (Phi) is 4.81. The molecule has 0 amide bonds. The Morgan fingerprint density at radius 3 is 2.43 bits per heavy atom. The van der Waals surface area contributed by atoms with Crippen molar-refractivity contribution in [1.29, 1.82) is 0 Å². The van der Waals surface area contributed by atoms with Gasteiger partial charge in [0, 0.05) is 0 Å². The molecular weight excluding hydrogens is 355 g/mol. The van der Waals surface area contributed by atoms with Gasteiger partial charge in [-0.15, -0.1) is 0 Å². The standard InChI is InChI=1S/C17H14Cl3N2O/c1-21-11-22(10-16(21)19)9-12-5-7-13(8-6-12)23-15-4-2-3-14(18)17(15)20/h2-8,10-11H,9H2,1H3/q+1. The Hall–Kier alpha value is -1.68. The lowest BCUT2D eigenvalue weighted by molar-refractivity contribution is -0.687. The normalized spacial score (nSPS) is 10.8. The number of rotatable bonds is 4. The summed E-state index contributed by atoms with van der Waals surface area (Å²) in [5.74, 6) is 1.24. The molecule has 0 aliphatic rings. The van der Waals surface area contributed by atoms with Crippen molar-refractivity contribution in [1.82, 2.24) is 4.57 Å². The summed E-state index contributed by atoms with van der Waals surface area (Å²) in [4.78, 5) is 0. The molecule has 23 heavy (non-hydrogen) atoms. The van der Waals surface area contributed by atoms with Gasteiger partial charge in [-0.1, -0.05) is 41.4 Å². The fraction of sp³-hybridized carbons (Fsp3) is 0.118. The summed E-state index contributed by atoms with van der Waals surface area (Å²) in [7, 11) is 1.91. The van der Waals surface area contributed by atoms with Crippen LogP contribution in [-0.2, 0) is 13.6 Å². The van der Waals surface area contributed by atoms with Crippen LogP contribution >= 0.6 is 34.8 Å². The van der Waals surface area contributed by atoms with E-state index >= 15 is 0 Å². The highest BCUT2D eigenvalue weighted by molar-refractivity contribution is 6.42. The molecule has 0 saturated carbocycles. The Morgan fingerprint density at radius 1 is 1.04 bits per heavy atom. The van der Waals surface area contributed by atoms with Crippen LogP contribution in [0.3, 0.4) is 0 Å². The summed E-state index contributed by atoms with van der Waals surface area (Å²) in [5.41, 5.74) is 1.14. The second-order valence-electron chi connectivity index (χ2n) is 5.15. The van der Waals surface area contributed by atoms with Gasteiger partial charge in [-0.05, 0) is 41.4 Å². The fourth-order valence-corrected chi connectivity index (χ4v) is 2.69. The van der Waals surface area contributed by atoms with Gasteiger partial charge in [-0.25, -0.2) is 9.13 Å². The number of hydrogen-bond acceptors (Lipinski definition) is 1. The third-order valence-electron chi connectivity index (χ3n) is 3.36. The van der Waals surface area contributed by atoms with Crippen LogP contribution in [0.4, 0.5) is 0 Å². The maximum Gasteiger partial charge on any atom is 0.245 e. The minimum Gasteiger partial charge on any atom is -0.456 e. The van der Waals surface area contributed by atoms with Gasteiger partial charge in [0.2, 0.25) is 11.5 Å². The first-order valence-electron chi connectivity index (χ1n) is 6.94. The number of aromatic nitrogens is 2. The Balaban J connectivity index is 1.73. The highest BCUT2D eigenvalue weighted by atomic mass is 35.5. The van der Waals surface area contributed by atoms with Crippen LogP contribution in [-0.4, -0.2) is 4.57 Å². The van der Waals surface area contributed by atoms with Crippen molar-refractivity contribution in [3.63, 3.8) is 0 Å². The zero-order valence-corrected chi connectivity index (χ0v) is 14.6. The lowest BCUT2D eigenvalue weighted by Crippen LogP contribution is -2.31. The average molecular weight is 369 g/mol. The van der Waals surface area contributed by atoms with Gasteiger partial charge in [0.1, 0.15) is 29.3 Å². The molecule has 0 aliphatic heterocycles. The number of imidazole rings is 1. The van der Waals surface area contributed by atoms with Gasteiger partial charge in [-0.3, -0.25) is 0 Å². The van der Waals surface area contributed by atoms with Crippen molar-refractivity contribution >= 4 is 34.8 Å². The third kappa shape index (κ3) is 3.81. The molecule has 118 valence electrons. The highest BCUT2D eigenvalue weighted by Crippen LogP contribution is 2.34. The SMILES string of the molecule is Cn1c[n+](Cc2ccc(Oc3cccc(Cl)c3Cl)cc2)cc1Cl. The molecule has 0 saturated heterocycles. The topological polar surface area (TPSA) is 18.0 Å². The monoisotopic (exact) mass is 367 g/mol. The van der Waals surface area contributed by atoms with Crippen molar-refractivity contribution in [3.8, 4) is 11.5 Å². The van der Waals surface area contributed by atoms with E-state index in [0.29, 0.717) is 26.7 Å². The smallest absolute Gasteiger partial charge is 0.245 e. The van der Waals surface area contributed by atoms with Crippen LogP contribution in [0.15, 0.2) is 55.0 Å². The van der Waals surface area contributed by atoms with E-state index in [2.05, 4.69) is 0 Å². The molecule has 0 atom stereocenters. The van der Waals surface area contributed by atoms with E-state index in [9.17, 15) is 0 Å². The number of benzene rings is 2. The molecule has 0 bridgehead atoms. The summed E-state index contributed by atoms with van der Waals surface area (Å²) in [6.07, 6.45) is 3.83. The zero-order valence-electron chi connectivity index (χ0n) is 12.3. The van der Waals surface area contributed by atoms with Crippen molar-refractivity contribution in [2.45, 2.75) is 6.54 Å². The largest absolute Gasteiger partial charge is 0.456 e. The maximum absolute atomic E-state index is 6.12. The lowest BCUT2D eigenvalue weighted by atomic mass is 10.2. The summed E-state index contributed by atoms with van der Waals surface area (Å²) in [6.45, 7) is 0.735. The van der Waals surface area contributed by atoms with Crippen molar-refractivity contribution in [3.05, 3.63) is 75.8 Å². The molecule has 3 aromatic rings. The van der Waals surface area contributed by atoms with Crippen LogP contribution in [0.25, 0.3) is 0 Å². The molecule has 2 aromatic carbocycles. The molecule has 3 nitrogen and oxygen atoms in total. The van der Waals surface area contributed by atoms with E-state index in [0.717, 1.165) is 12.1 Å². The van der Waals surface area contributed by atoms with Gasteiger partial charge in [0.05, 0.1) is 12.1 Å². The average Bonchev–Trinajstić information content (AvgIpc) is 2.84. The summed E-state index contributed by atoms with van der Waals surface area (Å²) in [6, 6.07) is 13.1. The molecule has 0 fully saturated rings. The quantitative estimate of drug-likeness (QED) is 0.585. The van der Waals surface area contributed by atoms with Crippen molar-refractivity contribution < 1.29 is 9.30 Å². The predicted octanol–water partition coefficient (Wildman–Crippen LogP) is 5.11. The second-order valence-corrected chi connectivity index (χ2v) is 6.32. The molecule has 1 aromatic heterocycles. The number of nitrogens with zero attached hydrogens (tertiary/aromatic N) is 2. The van der Waals surface area contributed by atoms with Crippen LogP contribution in [0, 0.1) is 0 Å². The third-order valence-corrected chi connectivity index (χ3v) is 4.53. The molecule has 0 spiro atoms. The lowest BCUT2D eigenvalue weighted by Gasteiger charge is -2.08. The fourth-order valence-electron chi connectivity index (χ4n) is 2.19. The summed E-state index contributed by atoms with van der Waals surface area (Å²) >= 11 is 18.1. The zero-order chi connectivity index (χ0) is 16.4. The molecule has 6 heteroatoms. The van der Waals surface area contributed by atoms with Crippen LogP contribution in [0.1, 0.15) is 5.56 Å². The van der Waals surface area contributed by atoms with E-state index in [1.165, 1.54) is 0 Å². The molecule has 3 rings (SSSR count). The van der Waals surface area contributed by atoms with Crippen molar-refractivity contribution in [2.24, 2.45) is 7.05 Å². The Bertz CT molecular complexity index is 809. The van der Waals surface area contributed by atoms with E-state index in [1.807, 2.05) is 53.0 Å². The van der Waals surface area contributed by atoms with E-state index in [1.54, 1.807) is 18.2 Å². The van der Waals surface area contributed by atoms with Crippen LogP contribution < -0.4 is 9.30 Å². The van der Waals surface area contributed by atoms with E-state index in [-0.39, 0.29) is 0 Å². The molecular formula is C17H14Cl3N2O+. The number of hydrogen-bond donors (Lipinski definition) is 0. The van der Waals surface area contributed by atoms with Gasteiger partial charge < -0.3 is 4.74 Å². The first kappa shape index (κ1) is 16.2. The number of ether oxygens (including phenoxy) is 1. The van der Waals surface area contributed by atoms with Gasteiger partial charge in [0.25, 0.3) is 0 Å². The molecule has 0 unspecified atom stereocenters. The molecule has 0 N–H and O–H groups in total. The summed E-state index contributed by atoms with van der Waals surface area (Å²) < 4.78 is 9.65. The minimum atomic E-state index is 0.410. The van der Waals surface area contributed by atoms with Crippen LogP contribution in [0.2, 0.25) is 15.2 Å². The van der Waals surface area contributed by atoms with Crippen molar-refractivity contribution in [2.75, 3.05) is 0 Å². The van der Waals surface area contributed by atoms with Gasteiger partial charge in [-0.2, -0.15) is 0 Å². The predicted molar refractivity (Wildman–Crippen MR) is 92.7 cm³/mol. The minimum absolute atomic E-state index is 0.410.